The van der Waals surface area contributed by atoms with Crippen molar-refractivity contribution >= 4 is 28.8 Å². The Morgan fingerprint density at radius 2 is 2.21 bits per heavy atom. The Morgan fingerprint density at radius 1 is 1.47 bits per heavy atom. The van der Waals surface area contributed by atoms with Crippen LogP contribution in [0.2, 0.25) is 0 Å². The molecule has 0 unspecified atom stereocenters. The molecule has 0 aliphatic heterocycles. The smallest absolute Gasteiger partial charge is 0.226 e. The fourth-order valence-electron chi connectivity index (χ4n) is 1.46. The van der Waals surface area contributed by atoms with Gasteiger partial charge in [0.05, 0.1) is 13.0 Å². The van der Waals surface area contributed by atoms with Gasteiger partial charge in [-0.3, -0.25) is 4.79 Å². The Morgan fingerprint density at radius 3 is 2.84 bits per heavy atom. The average Bonchev–Trinajstić information content (AvgIpc) is 2.34. The molecule has 1 amide bonds. The maximum atomic E-state index is 11.7. The number of benzene rings is 1. The highest BCUT2D eigenvalue weighted by Gasteiger charge is 2.04. The monoisotopic (exact) mass is 280 g/mol. The lowest BCUT2D eigenvalue weighted by atomic mass is 10.2. The topological polar surface area (TPSA) is 64.3 Å². The van der Waals surface area contributed by atoms with Gasteiger partial charge in [0.25, 0.3) is 0 Å². The first kappa shape index (κ1) is 15.6. The van der Waals surface area contributed by atoms with E-state index >= 15 is 0 Å². The van der Waals surface area contributed by atoms with Crippen LogP contribution in [-0.4, -0.2) is 24.1 Å². The van der Waals surface area contributed by atoms with Crippen LogP contribution in [0.15, 0.2) is 24.3 Å². The van der Waals surface area contributed by atoms with Crippen molar-refractivity contribution in [3.05, 3.63) is 29.8 Å². The van der Waals surface area contributed by atoms with Crippen molar-refractivity contribution < 1.29 is 9.53 Å². The van der Waals surface area contributed by atoms with Crippen molar-refractivity contribution in [2.24, 2.45) is 11.7 Å². The molecule has 0 atom stereocenters. The van der Waals surface area contributed by atoms with Gasteiger partial charge in [-0.25, -0.2) is 0 Å². The summed E-state index contributed by atoms with van der Waals surface area (Å²) < 4.78 is 5.36. The molecule has 0 fully saturated rings. The normalized spacial score (nSPS) is 10.5. The van der Waals surface area contributed by atoms with Crippen molar-refractivity contribution in [1.29, 1.82) is 0 Å². The molecule has 0 aliphatic carbocycles. The number of hydrogen-bond donors (Lipinski definition) is 2. The molecule has 0 saturated heterocycles. The molecule has 1 rings (SSSR count). The van der Waals surface area contributed by atoms with Gasteiger partial charge in [0.2, 0.25) is 5.91 Å². The van der Waals surface area contributed by atoms with E-state index in [2.05, 4.69) is 19.2 Å². The Kier molecular flexibility index (Phi) is 6.45. The van der Waals surface area contributed by atoms with Crippen LogP contribution in [0.3, 0.4) is 0 Å². The Hall–Kier alpha value is -1.46. The SMILES string of the molecule is CC(C)COCCC(=O)Nc1cccc(C(N)=S)c1. The van der Waals surface area contributed by atoms with Gasteiger partial charge in [0.1, 0.15) is 4.99 Å². The number of rotatable bonds is 7. The summed E-state index contributed by atoms with van der Waals surface area (Å²) in [5.74, 6) is 0.397. The van der Waals surface area contributed by atoms with Gasteiger partial charge in [-0.2, -0.15) is 0 Å². The Balaban J connectivity index is 2.40. The van der Waals surface area contributed by atoms with Gasteiger partial charge in [-0.05, 0) is 18.1 Å². The predicted octanol–water partition coefficient (Wildman–Crippen LogP) is 2.32. The zero-order valence-corrected chi connectivity index (χ0v) is 12.1. The lowest BCUT2D eigenvalue weighted by Crippen LogP contribution is -2.16. The van der Waals surface area contributed by atoms with Gasteiger partial charge in [-0.1, -0.05) is 38.2 Å². The van der Waals surface area contributed by atoms with E-state index in [0.29, 0.717) is 36.2 Å². The van der Waals surface area contributed by atoms with Gasteiger partial charge in [0, 0.05) is 17.9 Å². The quantitative estimate of drug-likeness (QED) is 0.594. The summed E-state index contributed by atoms with van der Waals surface area (Å²) in [6, 6.07) is 7.17. The van der Waals surface area contributed by atoms with Crippen molar-refractivity contribution in [3.8, 4) is 0 Å². The lowest BCUT2D eigenvalue weighted by molar-refractivity contribution is -0.117. The number of thiocarbonyl (C=S) groups is 1. The molecule has 0 aromatic heterocycles. The number of amides is 1. The summed E-state index contributed by atoms with van der Waals surface area (Å²) in [6.07, 6.45) is 0.337. The Bertz CT molecular complexity index is 447. The molecule has 104 valence electrons. The van der Waals surface area contributed by atoms with E-state index < -0.39 is 0 Å². The van der Waals surface area contributed by atoms with E-state index in [1.807, 2.05) is 6.07 Å². The largest absolute Gasteiger partial charge is 0.389 e. The minimum absolute atomic E-state index is 0.0798. The summed E-state index contributed by atoms with van der Waals surface area (Å²) in [4.78, 5) is 12.0. The number of carbonyl (C=O) groups excluding carboxylic acids is 1. The second-order valence-electron chi connectivity index (χ2n) is 4.71. The fourth-order valence-corrected chi connectivity index (χ4v) is 1.58. The molecular weight excluding hydrogens is 260 g/mol. The first-order valence-corrected chi connectivity index (χ1v) is 6.67. The third kappa shape index (κ3) is 6.31. The number of nitrogens with two attached hydrogens (primary N) is 1. The molecule has 0 radical (unpaired) electrons. The Labute approximate surface area is 119 Å². The van der Waals surface area contributed by atoms with Gasteiger partial charge < -0.3 is 15.8 Å². The van der Waals surface area contributed by atoms with E-state index in [-0.39, 0.29) is 5.91 Å². The fraction of sp³-hybridized carbons (Fsp3) is 0.429. The van der Waals surface area contributed by atoms with E-state index in [9.17, 15) is 4.79 Å². The van der Waals surface area contributed by atoms with Gasteiger partial charge >= 0.3 is 0 Å². The van der Waals surface area contributed by atoms with Crippen LogP contribution < -0.4 is 11.1 Å². The lowest BCUT2D eigenvalue weighted by Gasteiger charge is -2.08. The number of ether oxygens (including phenoxy) is 1. The van der Waals surface area contributed by atoms with E-state index in [4.69, 9.17) is 22.7 Å². The van der Waals surface area contributed by atoms with Gasteiger partial charge in [0.15, 0.2) is 0 Å². The van der Waals surface area contributed by atoms with E-state index in [0.717, 1.165) is 5.56 Å². The molecule has 1 aromatic carbocycles. The number of carbonyl (C=O) groups is 1. The molecule has 5 heteroatoms. The van der Waals surface area contributed by atoms with Crippen LogP contribution in [0.1, 0.15) is 25.8 Å². The number of nitrogens with one attached hydrogen (secondary N) is 1. The zero-order valence-electron chi connectivity index (χ0n) is 11.3. The van der Waals surface area contributed by atoms with Crippen LogP contribution in [-0.2, 0) is 9.53 Å². The summed E-state index contributed by atoms with van der Waals surface area (Å²) in [5.41, 5.74) is 6.97. The van der Waals surface area contributed by atoms with Crippen LogP contribution in [0, 0.1) is 5.92 Å². The summed E-state index contributed by atoms with van der Waals surface area (Å²) in [5, 5.41) is 2.79. The van der Waals surface area contributed by atoms with Crippen molar-refractivity contribution in [2.75, 3.05) is 18.5 Å². The number of anilines is 1. The standard InChI is InChI=1S/C14H20N2O2S/c1-10(2)9-18-7-6-13(17)16-12-5-3-4-11(8-12)14(15)19/h3-5,8,10H,6-7,9H2,1-2H3,(H2,15,19)(H,16,17). The highest BCUT2D eigenvalue weighted by molar-refractivity contribution is 7.80. The number of hydrogen-bond acceptors (Lipinski definition) is 3. The average molecular weight is 280 g/mol. The summed E-state index contributed by atoms with van der Waals surface area (Å²) in [7, 11) is 0. The second-order valence-corrected chi connectivity index (χ2v) is 5.15. The van der Waals surface area contributed by atoms with Crippen LogP contribution >= 0.6 is 12.2 Å². The first-order chi connectivity index (χ1) is 8.99. The summed E-state index contributed by atoms with van der Waals surface area (Å²) in [6.45, 7) is 5.24. The third-order valence-electron chi connectivity index (χ3n) is 2.36. The highest BCUT2D eigenvalue weighted by atomic mass is 32.1. The molecule has 19 heavy (non-hydrogen) atoms. The molecule has 4 nitrogen and oxygen atoms in total. The molecular formula is C14H20N2O2S. The van der Waals surface area contributed by atoms with E-state index in [1.54, 1.807) is 18.2 Å². The highest BCUT2D eigenvalue weighted by Crippen LogP contribution is 2.11. The molecule has 0 saturated carbocycles. The second kappa shape index (κ2) is 7.86. The molecule has 0 bridgehead atoms. The molecule has 1 aromatic rings. The molecule has 0 aliphatic rings. The van der Waals surface area contributed by atoms with E-state index in [1.165, 1.54) is 0 Å². The van der Waals surface area contributed by atoms with Crippen LogP contribution in [0.5, 0.6) is 0 Å². The molecule has 3 N–H and O–H groups in total. The minimum Gasteiger partial charge on any atom is -0.389 e. The summed E-state index contributed by atoms with van der Waals surface area (Å²) >= 11 is 4.89. The zero-order chi connectivity index (χ0) is 14.3. The van der Waals surface area contributed by atoms with Gasteiger partial charge in [-0.15, -0.1) is 0 Å². The predicted molar refractivity (Wildman–Crippen MR) is 81.2 cm³/mol. The maximum Gasteiger partial charge on any atom is 0.226 e. The van der Waals surface area contributed by atoms with Crippen LogP contribution in [0.25, 0.3) is 0 Å². The van der Waals surface area contributed by atoms with Crippen molar-refractivity contribution in [1.82, 2.24) is 0 Å². The third-order valence-corrected chi connectivity index (χ3v) is 2.59. The molecule has 0 spiro atoms. The van der Waals surface area contributed by atoms with Crippen molar-refractivity contribution in [3.63, 3.8) is 0 Å². The minimum atomic E-state index is -0.0798. The first-order valence-electron chi connectivity index (χ1n) is 6.26. The molecule has 0 heterocycles. The maximum absolute atomic E-state index is 11.7. The van der Waals surface area contributed by atoms with Crippen molar-refractivity contribution in [2.45, 2.75) is 20.3 Å². The van der Waals surface area contributed by atoms with Crippen LogP contribution in [0.4, 0.5) is 5.69 Å².